The normalized spacial score (nSPS) is 11.4. The number of anilines is 1. The van der Waals surface area contributed by atoms with Crippen LogP contribution in [0.25, 0.3) is 11.1 Å². The molecule has 0 radical (unpaired) electrons. The topological polar surface area (TPSA) is 53.4 Å². The number of hydrogen-bond donors (Lipinski definition) is 1. The Morgan fingerprint density at radius 2 is 1.96 bits per heavy atom. The van der Waals surface area contributed by atoms with Gasteiger partial charge in [-0.3, -0.25) is 9.88 Å². The summed E-state index contributed by atoms with van der Waals surface area (Å²) in [6, 6.07) is 5.90. The summed E-state index contributed by atoms with van der Waals surface area (Å²) in [5.41, 5.74) is 0.986. The molecular formula is C17H18ClFN2O2. The molecule has 23 heavy (non-hydrogen) atoms. The summed E-state index contributed by atoms with van der Waals surface area (Å²) in [4.78, 5) is 16.7. The van der Waals surface area contributed by atoms with Gasteiger partial charge >= 0.3 is 6.09 Å². The fourth-order valence-corrected chi connectivity index (χ4v) is 2.78. The van der Waals surface area contributed by atoms with Crippen molar-refractivity contribution in [3.63, 3.8) is 0 Å². The molecule has 2 aromatic rings. The Hall–Kier alpha value is -2.14. The van der Waals surface area contributed by atoms with Crippen LogP contribution in [0.3, 0.4) is 0 Å². The number of aryl methyl sites for hydroxylation is 1. The molecule has 0 saturated heterocycles. The van der Waals surface area contributed by atoms with Crippen molar-refractivity contribution in [3.8, 4) is 11.1 Å². The van der Waals surface area contributed by atoms with E-state index in [2.05, 4.69) is 4.98 Å². The van der Waals surface area contributed by atoms with Gasteiger partial charge in [-0.25, -0.2) is 9.18 Å². The molecule has 4 nitrogen and oxygen atoms in total. The van der Waals surface area contributed by atoms with Crippen molar-refractivity contribution in [1.29, 1.82) is 0 Å². The predicted molar refractivity (Wildman–Crippen MR) is 89.6 cm³/mol. The molecule has 2 rings (SSSR count). The van der Waals surface area contributed by atoms with Gasteiger partial charge in [0, 0.05) is 28.6 Å². The Morgan fingerprint density at radius 3 is 2.43 bits per heavy atom. The first-order valence-corrected chi connectivity index (χ1v) is 7.45. The Kier molecular flexibility index (Phi) is 4.61. The van der Waals surface area contributed by atoms with Gasteiger partial charge in [-0.1, -0.05) is 11.6 Å². The third-order valence-electron chi connectivity index (χ3n) is 3.43. The summed E-state index contributed by atoms with van der Waals surface area (Å²) < 4.78 is 14.6. The van der Waals surface area contributed by atoms with Gasteiger partial charge in [0.1, 0.15) is 5.82 Å². The van der Waals surface area contributed by atoms with Gasteiger partial charge < -0.3 is 5.11 Å². The lowest BCUT2D eigenvalue weighted by atomic mass is 10.0. The number of pyridine rings is 1. The average Bonchev–Trinajstić information content (AvgIpc) is 2.38. The van der Waals surface area contributed by atoms with E-state index in [-0.39, 0.29) is 5.69 Å². The lowest BCUT2D eigenvalue weighted by Gasteiger charge is -2.33. The molecule has 1 N–H and O–H groups in total. The molecule has 0 unspecified atom stereocenters. The minimum Gasteiger partial charge on any atom is -0.465 e. The number of rotatable bonds is 2. The number of nitrogens with zero attached hydrogens (tertiary/aromatic N) is 2. The third kappa shape index (κ3) is 3.45. The van der Waals surface area contributed by atoms with Crippen molar-refractivity contribution in [1.82, 2.24) is 4.98 Å². The van der Waals surface area contributed by atoms with Crippen molar-refractivity contribution in [2.45, 2.75) is 33.2 Å². The van der Waals surface area contributed by atoms with Crippen molar-refractivity contribution in [2.24, 2.45) is 0 Å². The Morgan fingerprint density at radius 1 is 1.30 bits per heavy atom. The van der Waals surface area contributed by atoms with Crippen molar-refractivity contribution >= 4 is 23.4 Å². The molecule has 0 aliphatic rings. The zero-order valence-electron chi connectivity index (χ0n) is 13.4. The van der Waals surface area contributed by atoms with E-state index < -0.39 is 17.4 Å². The van der Waals surface area contributed by atoms with E-state index >= 15 is 0 Å². The first kappa shape index (κ1) is 17.2. The summed E-state index contributed by atoms with van der Waals surface area (Å²) in [6.45, 7) is 6.98. The fraction of sp³-hybridized carbons (Fsp3) is 0.294. The SMILES string of the molecule is Cc1nccc(Cl)c1-c1ccc(N(C(=O)O)C(C)(C)C)cc1F. The van der Waals surface area contributed by atoms with Gasteiger partial charge in [-0.2, -0.15) is 0 Å². The Bertz CT molecular complexity index is 736. The van der Waals surface area contributed by atoms with Crippen LogP contribution in [0.15, 0.2) is 30.5 Å². The number of amides is 1. The van der Waals surface area contributed by atoms with Crippen molar-refractivity contribution in [3.05, 3.63) is 47.0 Å². The lowest BCUT2D eigenvalue weighted by Crippen LogP contribution is -2.45. The maximum atomic E-state index is 14.6. The number of halogens is 2. The molecule has 0 atom stereocenters. The quantitative estimate of drug-likeness (QED) is 0.826. The number of hydrogen-bond acceptors (Lipinski definition) is 2. The molecule has 1 amide bonds. The van der Waals surface area contributed by atoms with Gasteiger partial charge in [-0.15, -0.1) is 0 Å². The van der Waals surface area contributed by atoms with Gasteiger partial charge in [0.15, 0.2) is 0 Å². The highest BCUT2D eigenvalue weighted by molar-refractivity contribution is 6.33. The van der Waals surface area contributed by atoms with Crippen LogP contribution in [0.4, 0.5) is 14.9 Å². The zero-order chi connectivity index (χ0) is 17.4. The predicted octanol–water partition coefficient (Wildman–Crippen LogP) is 5.13. The zero-order valence-corrected chi connectivity index (χ0v) is 14.1. The molecule has 122 valence electrons. The minimum atomic E-state index is -1.14. The number of benzene rings is 1. The number of aromatic nitrogens is 1. The molecule has 0 fully saturated rings. The molecule has 1 heterocycles. The second kappa shape index (κ2) is 6.16. The Labute approximate surface area is 139 Å². The van der Waals surface area contributed by atoms with E-state index in [1.165, 1.54) is 12.1 Å². The van der Waals surface area contributed by atoms with Crippen LogP contribution in [0, 0.1) is 12.7 Å². The highest BCUT2D eigenvalue weighted by atomic mass is 35.5. The van der Waals surface area contributed by atoms with Gasteiger partial charge in [0.05, 0.1) is 10.7 Å². The first-order chi connectivity index (χ1) is 10.6. The molecule has 0 aliphatic heterocycles. The summed E-state index contributed by atoms with van der Waals surface area (Å²) in [7, 11) is 0. The van der Waals surface area contributed by atoms with E-state index in [9.17, 15) is 14.3 Å². The van der Waals surface area contributed by atoms with E-state index in [1.54, 1.807) is 46.0 Å². The fourth-order valence-electron chi connectivity index (χ4n) is 2.49. The lowest BCUT2D eigenvalue weighted by molar-refractivity contribution is 0.195. The maximum Gasteiger partial charge on any atom is 0.412 e. The van der Waals surface area contributed by atoms with Gasteiger partial charge in [-0.05, 0) is 52.0 Å². The summed E-state index contributed by atoms with van der Waals surface area (Å²) >= 11 is 6.15. The largest absolute Gasteiger partial charge is 0.465 e. The summed E-state index contributed by atoms with van der Waals surface area (Å²) in [5.74, 6) is -0.545. The van der Waals surface area contributed by atoms with Gasteiger partial charge in [0.2, 0.25) is 0 Å². The number of carboxylic acid groups (broad SMARTS) is 1. The molecule has 1 aromatic carbocycles. The van der Waals surface area contributed by atoms with E-state index in [1.807, 2.05) is 0 Å². The van der Waals surface area contributed by atoms with Crippen LogP contribution in [-0.4, -0.2) is 21.7 Å². The van der Waals surface area contributed by atoms with Gasteiger partial charge in [0.25, 0.3) is 0 Å². The maximum absolute atomic E-state index is 14.6. The van der Waals surface area contributed by atoms with Crippen LogP contribution in [0.1, 0.15) is 26.5 Å². The van der Waals surface area contributed by atoms with Crippen LogP contribution >= 0.6 is 11.6 Å². The number of carbonyl (C=O) groups is 1. The molecule has 0 spiro atoms. The summed E-state index contributed by atoms with van der Waals surface area (Å²) in [6.07, 6.45) is 0.416. The standard InChI is InChI=1S/C17H18ClFN2O2/c1-10-15(13(18)7-8-20-10)12-6-5-11(9-14(12)19)21(16(22)23)17(2,3)4/h5-9H,1-4H3,(H,22,23). The van der Waals surface area contributed by atoms with E-state index in [0.29, 0.717) is 21.8 Å². The molecule has 6 heteroatoms. The molecule has 0 bridgehead atoms. The average molecular weight is 337 g/mol. The van der Waals surface area contributed by atoms with Crippen LogP contribution in [0.2, 0.25) is 5.02 Å². The van der Waals surface area contributed by atoms with E-state index in [0.717, 1.165) is 4.90 Å². The molecule has 0 aliphatic carbocycles. The van der Waals surface area contributed by atoms with Crippen LogP contribution in [0.5, 0.6) is 0 Å². The molecular weight excluding hydrogens is 319 g/mol. The third-order valence-corrected chi connectivity index (χ3v) is 3.75. The first-order valence-electron chi connectivity index (χ1n) is 7.07. The Balaban J connectivity index is 2.56. The van der Waals surface area contributed by atoms with E-state index in [4.69, 9.17) is 11.6 Å². The second-order valence-corrected chi connectivity index (χ2v) is 6.61. The smallest absolute Gasteiger partial charge is 0.412 e. The highest BCUT2D eigenvalue weighted by Gasteiger charge is 2.28. The van der Waals surface area contributed by atoms with Crippen molar-refractivity contribution in [2.75, 3.05) is 4.90 Å². The molecule has 1 aromatic heterocycles. The monoisotopic (exact) mass is 336 g/mol. The second-order valence-electron chi connectivity index (χ2n) is 6.21. The van der Waals surface area contributed by atoms with Crippen LogP contribution in [-0.2, 0) is 0 Å². The van der Waals surface area contributed by atoms with Crippen LogP contribution < -0.4 is 4.90 Å². The highest BCUT2D eigenvalue weighted by Crippen LogP contribution is 2.34. The molecule has 0 saturated carbocycles. The van der Waals surface area contributed by atoms with Crippen molar-refractivity contribution < 1.29 is 14.3 Å². The summed E-state index contributed by atoms with van der Waals surface area (Å²) in [5, 5.41) is 9.80. The minimum absolute atomic E-state index is 0.268.